The van der Waals surface area contributed by atoms with Crippen molar-refractivity contribution in [2.24, 2.45) is 9.98 Å². The van der Waals surface area contributed by atoms with Crippen molar-refractivity contribution in [3.8, 4) is 22.6 Å². The van der Waals surface area contributed by atoms with Crippen LogP contribution in [0.2, 0.25) is 0 Å². The van der Waals surface area contributed by atoms with E-state index in [2.05, 4.69) is 37.7 Å². The number of unbranched alkanes of at least 4 members (excludes halogenated alkanes) is 28. The van der Waals surface area contributed by atoms with Crippen LogP contribution in [0.5, 0.6) is 11.5 Å². The maximum Gasteiger partial charge on any atom is 0.345 e. The van der Waals surface area contributed by atoms with E-state index in [1.54, 1.807) is 85.2 Å². The van der Waals surface area contributed by atoms with E-state index in [4.69, 9.17) is 28.4 Å². The van der Waals surface area contributed by atoms with Crippen molar-refractivity contribution in [1.82, 2.24) is 0 Å². The zero-order chi connectivity index (χ0) is 72.5. The van der Waals surface area contributed by atoms with Gasteiger partial charge in [-0.2, -0.15) is 0 Å². The number of nitrogens with zero attached hydrogens (tertiary/aromatic N) is 2. The Balaban J connectivity index is 0.946. The first-order chi connectivity index (χ1) is 50.0. The molecule has 0 saturated heterocycles. The summed E-state index contributed by atoms with van der Waals surface area (Å²) in [5, 5.41) is 0. The smallest absolute Gasteiger partial charge is 0.345 e. The molecule has 0 saturated carbocycles. The van der Waals surface area contributed by atoms with Gasteiger partial charge >= 0.3 is 35.8 Å². The van der Waals surface area contributed by atoms with E-state index >= 15 is 0 Å². The van der Waals surface area contributed by atoms with Crippen molar-refractivity contribution >= 4 is 71.8 Å². The van der Waals surface area contributed by atoms with Gasteiger partial charge in [0.05, 0.1) is 48.9 Å². The van der Waals surface area contributed by atoms with Crippen LogP contribution in [0.15, 0.2) is 167 Å². The molecule has 6 aromatic rings. The predicted molar refractivity (Wildman–Crippen MR) is 412 cm³/mol. The molecule has 0 heterocycles. The number of esters is 6. The molecular weight excluding hydrogens is 1280 g/mol. The van der Waals surface area contributed by atoms with E-state index < -0.39 is 35.8 Å². The summed E-state index contributed by atoms with van der Waals surface area (Å²) in [4.78, 5) is 89.1. The number of benzene rings is 6. The Labute approximate surface area is 608 Å². The number of carbonyl (C=O) groups is 6. The van der Waals surface area contributed by atoms with Crippen molar-refractivity contribution in [1.29, 1.82) is 0 Å². The van der Waals surface area contributed by atoms with Crippen molar-refractivity contribution in [3.05, 3.63) is 190 Å². The Morgan fingerprint density at radius 1 is 0.275 bits per heavy atom. The summed E-state index contributed by atoms with van der Waals surface area (Å²) in [6.45, 7) is 9.72. The highest BCUT2D eigenvalue weighted by Gasteiger charge is 2.24. The number of aliphatic imine (C=N–C) groups is 2. The van der Waals surface area contributed by atoms with Gasteiger partial charge in [0.15, 0.2) is 0 Å². The fourth-order valence-electron chi connectivity index (χ4n) is 11.4. The maximum absolute atomic E-state index is 13.3. The number of hydrogen-bond acceptors (Lipinski definition) is 14. The van der Waals surface area contributed by atoms with Gasteiger partial charge < -0.3 is 28.4 Å². The number of hydrogen-bond donors (Lipinski definition) is 0. The quantitative estimate of drug-likeness (QED) is 0.00516. The SMILES string of the molecule is CCCCCCCCCCOC(=O)C(=Cc1ccc(C(=O)Oc2ccc(C=Nc3ccc(-c4ccc(N=Cc5ccc(OC(=O)c6ccc(C=C(C(=O)OCCCCCCCCCC)C(=O)OCCCCCCCCCC)cc6)cc5)cc4)cc3)cc2)cc1)C(=O)OCCCCCCCCCC. The van der Waals surface area contributed by atoms with Crippen molar-refractivity contribution in [2.45, 2.75) is 233 Å². The van der Waals surface area contributed by atoms with Crippen LogP contribution in [0, 0.1) is 0 Å². The van der Waals surface area contributed by atoms with Crippen LogP contribution >= 0.6 is 0 Å². The minimum Gasteiger partial charge on any atom is -0.462 e. The van der Waals surface area contributed by atoms with Gasteiger partial charge in [0.25, 0.3) is 0 Å². The highest BCUT2D eigenvalue weighted by atomic mass is 16.6. The third-order valence-corrected chi connectivity index (χ3v) is 17.7. The maximum atomic E-state index is 13.3. The minimum atomic E-state index is -0.718. The van der Waals surface area contributed by atoms with Crippen LogP contribution in [-0.2, 0) is 38.1 Å². The van der Waals surface area contributed by atoms with Crippen molar-refractivity contribution in [3.63, 3.8) is 0 Å². The summed E-state index contributed by atoms with van der Waals surface area (Å²) < 4.78 is 33.7. The third-order valence-electron chi connectivity index (χ3n) is 17.7. The zero-order valence-electron chi connectivity index (χ0n) is 61.4. The normalized spacial score (nSPS) is 11.1. The van der Waals surface area contributed by atoms with E-state index in [1.807, 2.05) is 72.8 Å². The average Bonchev–Trinajstić information content (AvgIpc) is 0.864. The molecule has 0 spiro atoms. The van der Waals surface area contributed by atoms with Gasteiger partial charge in [0.2, 0.25) is 0 Å². The molecule has 0 fully saturated rings. The molecule has 0 aromatic heterocycles. The third kappa shape index (κ3) is 33.2. The highest BCUT2D eigenvalue weighted by Crippen LogP contribution is 2.27. The molecule has 0 aliphatic heterocycles. The van der Waals surface area contributed by atoms with E-state index in [9.17, 15) is 28.8 Å². The van der Waals surface area contributed by atoms with E-state index in [-0.39, 0.29) is 37.6 Å². The number of rotatable bonds is 51. The van der Waals surface area contributed by atoms with E-state index in [0.29, 0.717) is 33.8 Å². The summed E-state index contributed by atoms with van der Waals surface area (Å²) in [5.41, 5.74) is 6.47. The molecule has 14 nitrogen and oxygen atoms in total. The summed E-state index contributed by atoms with van der Waals surface area (Å²) in [5.74, 6) is -3.28. The first-order valence-corrected chi connectivity index (χ1v) is 38.2. The molecule has 546 valence electrons. The van der Waals surface area contributed by atoms with Gasteiger partial charge in [-0.1, -0.05) is 256 Å². The number of ether oxygens (including phenoxy) is 6. The lowest BCUT2D eigenvalue weighted by Gasteiger charge is -2.10. The van der Waals surface area contributed by atoms with E-state index in [0.717, 1.165) is 136 Å². The van der Waals surface area contributed by atoms with Crippen LogP contribution in [0.3, 0.4) is 0 Å². The fraction of sp³-hybridized carbons (Fsp3) is 0.455. The molecule has 0 aliphatic rings. The van der Waals surface area contributed by atoms with Crippen LogP contribution in [0.4, 0.5) is 11.4 Å². The summed E-state index contributed by atoms with van der Waals surface area (Å²) in [6.07, 6.45) is 41.8. The molecule has 0 radical (unpaired) electrons. The van der Waals surface area contributed by atoms with E-state index in [1.165, 1.54) is 115 Å². The molecule has 0 aliphatic carbocycles. The Kier molecular flexibility index (Phi) is 40.4. The second kappa shape index (κ2) is 50.3. The van der Waals surface area contributed by atoms with Gasteiger partial charge in [-0.05, 0) is 168 Å². The second-order valence-electron chi connectivity index (χ2n) is 26.3. The standard InChI is InChI=1S/C88H112N2O12/c1-5-9-13-17-21-25-29-33-61-97-85(93)81(86(94)98-62-34-30-26-22-18-14-10-6-2)65-69-37-45-75(46-38-69)83(91)101-79-57-41-71(42-58-79)67-89-77-53-49-73(50-54-77)74-51-55-78(56-52-74)90-68-72-43-59-80(60-44-72)102-84(92)76-47-39-70(40-48-76)66-82(87(95)99-63-35-31-27-23-19-15-11-7-3)88(96)100-64-36-32-28-24-20-16-12-8-4/h37-60,65-68H,5-36,61-64H2,1-4H3. The van der Waals surface area contributed by atoms with Gasteiger partial charge in [-0.3, -0.25) is 9.98 Å². The fourth-order valence-corrected chi connectivity index (χ4v) is 11.4. The summed E-state index contributed by atoms with van der Waals surface area (Å²) in [6, 6.07) is 42.8. The van der Waals surface area contributed by atoms with Crippen molar-refractivity contribution < 1.29 is 57.2 Å². The lowest BCUT2D eigenvalue weighted by molar-refractivity contribution is -0.148. The lowest BCUT2D eigenvalue weighted by Crippen LogP contribution is -2.19. The largest absolute Gasteiger partial charge is 0.462 e. The topological polar surface area (TPSA) is 183 Å². The monoisotopic (exact) mass is 1390 g/mol. The lowest BCUT2D eigenvalue weighted by atomic mass is 10.1. The van der Waals surface area contributed by atoms with Gasteiger partial charge in [0, 0.05) is 12.4 Å². The van der Waals surface area contributed by atoms with Crippen LogP contribution in [0.25, 0.3) is 23.3 Å². The van der Waals surface area contributed by atoms with Gasteiger partial charge in [-0.25, -0.2) is 28.8 Å². The minimum absolute atomic E-state index is 0.177. The Morgan fingerprint density at radius 2 is 0.510 bits per heavy atom. The summed E-state index contributed by atoms with van der Waals surface area (Å²) >= 11 is 0. The molecule has 0 unspecified atom stereocenters. The molecule has 0 bridgehead atoms. The molecule has 6 rings (SSSR count). The first-order valence-electron chi connectivity index (χ1n) is 38.2. The predicted octanol–water partition coefficient (Wildman–Crippen LogP) is 22.8. The summed E-state index contributed by atoms with van der Waals surface area (Å²) in [7, 11) is 0. The Hall–Kier alpha value is -9.04. The zero-order valence-corrected chi connectivity index (χ0v) is 61.4. The Bertz CT molecular complexity index is 3210. The first kappa shape index (κ1) is 81.9. The molecule has 14 heteroatoms. The second-order valence-corrected chi connectivity index (χ2v) is 26.3. The van der Waals surface area contributed by atoms with Gasteiger partial charge in [-0.15, -0.1) is 0 Å². The average molecular weight is 1390 g/mol. The van der Waals surface area contributed by atoms with Crippen LogP contribution < -0.4 is 9.47 Å². The Morgan fingerprint density at radius 3 is 0.765 bits per heavy atom. The molecule has 102 heavy (non-hydrogen) atoms. The molecule has 0 atom stereocenters. The highest BCUT2D eigenvalue weighted by molar-refractivity contribution is 6.18. The molecule has 6 aromatic carbocycles. The molecular formula is C88H112N2O12. The molecule has 0 N–H and O–H groups in total. The molecule has 0 amide bonds. The van der Waals surface area contributed by atoms with Crippen molar-refractivity contribution in [2.75, 3.05) is 26.4 Å². The van der Waals surface area contributed by atoms with Crippen LogP contribution in [-0.4, -0.2) is 74.7 Å². The van der Waals surface area contributed by atoms with Gasteiger partial charge in [0.1, 0.15) is 22.6 Å². The van der Waals surface area contributed by atoms with Crippen LogP contribution in [0.1, 0.15) is 276 Å². The number of carbonyl (C=O) groups excluding carboxylic acids is 6.